The number of carbonyl (C=O) groups excluding carboxylic acids is 1. The summed E-state index contributed by atoms with van der Waals surface area (Å²) in [5.41, 5.74) is 2.10. The smallest absolute Gasteiger partial charge is 0.263 e. The highest BCUT2D eigenvalue weighted by atomic mass is 16.2. The molecule has 1 aromatic carbocycles. The van der Waals surface area contributed by atoms with E-state index in [0.29, 0.717) is 12.1 Å². The molecule has 0 radical (unpaired) electrons. The number of pyridine rings is 1. The highest BCUT2D eigenvalue weighted by Crippen LogP contribution is 2.33. The molecule has 0 bridgehead atoms. The van der Waals surface area contributed by atoms with Crippen LogP contribution in [0, 0.1) is 6.92 Å². The maximum Gasteiger partial charge on any atom is 0.263 e. The van der Waals surface area contributed by atoms with E-state index in [-0.39, 0.29) is 23.6 Å². The van der Waals surface area contributed by atoms with Crippen molar-refractivity contribution in [2.24, 2.45) is 0 Å². The van der Waals surface area contributed by atoms with Crippen molar-refractivity contribution in [3.05, 3.63) is 69.6 Å². The first-order valence-electron chi connectivity index (χ1n) is 10.9. The lowest BCUT2D eigenvalue weighted by Crippen LogP contribution is -2.40. The van der Waals surface area contributed by atoms with Crippen molar-refractivity contribution >= 4 is 5.91 Å². The topological polar surface area (TPSA) is 54.3 Å². The van der Waals surface area contributed by atoms with Crippen LogP contribution in [0.4, 0.5) is 0 Å². The van der Waals surface area contributed by atoms with Crippen LogP contribution in [-0.4, -0.2) is 35.0 Å². The number of carbonyl (C=O) groups is 1. The molecule has 1 saturated heterocycles. The third-order valence-corrected chi connectivity index (χ3v) is 6.22. The van der Waals surface area contributed by atoms with Crippen LogP contribution in [0.5, 0.6) is 0 Å². The van der Waals surface area contributed by atoms with Crippen LogP contribution in [0.2, 0.25) is 0 Å². The Hall–Kier alpha value is -2.40. The molecule has 5 nitrogen and oxygen atoms in total. The maximum atomic E-state index is 13.0. The number of rotatable bonds is 6. The molecule has 5 heteroatoms. The molecule has 2 heterocycles. The lowest BCUT2D eigenvalue weighted by molar-refractivity contribution is 0.0930. The number of nitrogens with one attached hydrogen (secondary N) is 1. The molecule has 1 aliphatic heterocycles. The molecule has 2 aliphatic rings. The first-order chi connectivity index (χ1) is 14.1. The van der Waals surface area contributed by atoms with E-state index >= 15 is 0 Å². The van der Waals surface area contributed by atoms with Crippen LogP contribution in [0.3, 0.4) is 0 Å². The zero-order valence-corrected chi connectivity index (χ0v) is 17.3. The van der Waals surface area contributed by atoms with Gasteiger partial charge in [0.05, 0.1) is 6.04 Å². The number of aryl methyl sites for hydroxylation is 1. The minimum absolute atomic E-state index is 0.132. The summed E-state index contributed by atoms with van der Waals surface area (Å²) in [6.07, 6.45) is 8.81. The molecule has 1 amide bonds. The third-order valence-electron chi connectivity index (χ3n) is 6.22. The van der Waals surface area contributed by atoms with Crippen molar-refractivity contribution in [3.63, 3.8) is 0 Å². The summed E-state index contributed by atoms with van der Waals surface area (Å²) in [7, 11) is 0. The lowest BCUT2D eigenvalue weighted by atomic mass is 10.0. The fourth-order valence-corrected chi connectivity index (χ4v) is 4.37. The van der Waals surface area contributed by atoms with Gasteiger partial charge >= 0.3 is 0 Å². The van der Waals surface area contributed by atoms with Gasteiger partial charge in [-0.1, -0.05) is 43.2 Å². The van der Waals surface area contributed by atoms with Gasteiger partial charge < -0.3 is 9.88 Å². The van der Waals surface area contributed by atoms with Crippen molar-refractivity contribution in [1.29, 1.82) is 0 Å². The summed E-state index contributed by atoms with van der Waals surface area (Å²) < 4.78 is 1.73. The Bertz CT molecular complexity index is 894. The Morgan fingerprint density at radius 1 is 1.07 bits per heavy atom. The number of aromatic nitrogens is 1. The average molecular weight is 394 g/mol. The van der Waals surface area contributed by atoms with Gasteiger partial charge in [-0.25, -0.2) is 0 Å². The second-order valence-corrected chi connectivity index (χ2v) is 8.40. The molecule has 0 spiro atoms. The number of hydrogen-bond acceptors (Lipinski definition) is 3. The predicted octanol–water partition coefficient (Wildman–Crippen LogP) is 3.84. The van der Waals surface area contributed by atoms with E-state index in [4.69, 9.17) is 0 Å². The largest absolute Gasteiger partial charge is 0.350 e. The minimum Gasteiger partial charge on any atom is -0.350 e. The first kappa shape index (κ1) is 19.9. The molecule has 2 aromatic rings. The van der Waals surface area contributed by atoms with Gasteiger partial charge in [0.15, 0.2) is 0 Å². The van der Waals surface area contributed by atoms with E-state index in [1.807, 2.05) is 25.3 Å². The second kappa shape index (κ2) is 8.95. The molecule has 29 heavy (non-hydrogen) atoms. The molecule has 1 unspecified atom stereocenters. The van der Waals surface area contributed by atoms with Gasteiger partial charge in [-0.15, -0.1) is 0 Å². The van der Waals surface area contributed by atoms with E-state index < -0.39 is 0 Å². The second-order valence-electron chi connectivity index (χ2n) is 8.40. The molecule has 1 aliphatic carbocycles. The Morgan fingerprint density at radius 3 is 2.41 bits per heavy atom. The number of nitrogens with zero attached hydrogens (tertiary/aromatic N) is 2. The van der Waals surface area contributed by atoms with Crippen LogP contribution < -0.4 is 10.9 Å². The van der Waals surface area contributed by atoms with E-state index in [0.717, 1.165) is 31.5 Å². The molecular formula is C24H31N3O2. The van der Waals surface area contributed by atoms with Gasteiger partial charge in [-0.05, 0) is 62.9 Å². The van der Waals surface area contributed by atoms with E-state index in [2.05, 4.69) is 34.5 Å². The standard InChI is InChI=1S/C24H31N3O2/c1-18-13-16-27(20-11-12-20)24(29)22(18)23(28)25-17-21(19-9-5-4-6-10-19)26-14-7-2-3-8-15-26/h4-6,9-10,13,16,20-21H,2-3,7-8,11-12,14-15,17H2,1H3,(H,25,28). The quantitative estimate of drug-likeness (QED) is 0.811. The van der Waals surface area contributed by atoms with E-state index in [1.165, 1.54) is 31.2 Å². The van der Waals surface area contributed by atoms with E-state index in [1.54, 1.807) is 4.57 Å². The lowest BCUT2D eigenvalue weighted by Gasteiger charge is -2.31. The van der Waals surface area contributed by atoms with Crippen LogP contribution in [0.25, 0.3) is 0 Å². The van der Waals surface area contributed by atoms with Gasteiger partial charge in [-0.3, -0.25) is 14.5 Å². The number of benzene rings is 1. The number of hydrogen-bond donors (Lipinski definition) is 1. The number of likely N-dealkylation sites (tertiary alicyclic amines) is 1. The van der Waals surface area contributed by atoms with Gasteiger partial charge in [0, 0.05) is 18.8 Å². The van der Waals surface area contributed by atoms with Crippen LogP contribution >= 0.6 is 0 Å². The molecule has 1 N–H and O–H groups in total. The van der Waals surface area contributed by atoms with Gasteiger partial charge in [-0.2, -0.15) is 0 Å². The van der Waals surface area contributed by atoms with Gasteiger partial charge in [0.2, 0.25) is 0 Å². The molecule has 2 fully saturated rings. The number of amides is 1. The van der Waals surface area contributed by atoms with Crippen LogP contribution in [-0.2, 0) is 0 Å². The normalized spacial score (nSPS) is 18.8. The summed E-state index contributed by atoms with van der Waals surface area (Å²) in [4.78, 5) is 28.4. The fraction of sp³-hybridized carbons (Fsp3) is 0.500. The minimum atomic E-state index is -0.252. The van der Waals surface area contributed by atoms with Crippen molar-refractivity contribution in [1.82, 2.24) is 14.8 Å². The molecular weight excluding hydrogens is 362 g/mol. The Balaban J connectivity index is 1.53. The highest BCUT2D eigenvalue weighted by molar-refractivity contribution is 5.95. The predicted molar refractivity (Wildman–Crippen MR) is 115 cm³/mol. The zero-order valence-electron chi connectivity index (χ0n) is 17.3. The van der Waals surface area contributed by atoms with Crippen LogP contribution in [0.15, 0.2) is 47.4 Å². The molecule has 1 aromatic heterocycles. The SMILES string of the molecule is Cc1ccn(C2CC2)c(=O)c1C(=O)NCC(c1ccccc1)N1CCCCCC1. The molecule has 1 saturated carbocycles. The zero-order chi connectivity index (χ0) is 20.2. The Morgan fingerprint density at radius 2 is 1.76 bits per heavy atom. The fourth-order valence-electron chi connectivity index (χ4n) is 4.37. The summed E-state index contributed by atoms with van der Waals surface area (Å²) in [5, 5.41) is 3.09. The molecule has 154 valence electrons. The Kier molecular flexibility index (Phi) is 6.14. The third kappa shape index (κ3) is 4.61. The van der Waals surface area contributed by atoms with Crippen molar-refractivity contribution < 1.29 is 4.79 Å². The first-order valence-corrected chi connectivity index (χ1v) is 10.9. The van der Waals surface area contributed by atoms with Crippen molar-refractivity contribution in [2.45, 2.75) is 57.5 Å². The van der Waals surface area contributed by atoms with E-state index in [9.17, 15) is 9.59 Å². The molecule has 1 atom stereocenters. The molecule has 4 rings (SSSR count). The summed E-state index contributed by atoms with van der Waals surface area (Å²) in [6.45, 7) is 4.46. The Labute approximate surface area is 172 Å². The van der Waals surface area contributed by atoms with Crippen molar-refractivity contribution in [2.75, 3.05) is 19.6 Å². The summed E-state index contributed by atoms with van der Waals surface area (Å²) in [6, 6.07) is 12.7. The summed E-state index contributed by atoms with van der Waals surface area (Å²) >= 11 is 0. The average Bonchev–Trinajstić information content (AvgIpc) is 3.57. The van der Waals surface area contributed by atoms with Crippen molar-refractivity contribution in [3.8, 4) is 0 Å². The van der Waals surface area contributed by atoms with Gasteiger partial charge in [0.25, 0.3) is 11.5 Å². The monoisotopic (exact) mass is 393 g/mol. The highest BCUT2D eigenvalue weighted by Gasteiger charge is 2.28. The van der Waals surface area contributed by atoms with Gasteiger partial charge in [0.1, 0.15) is 5.56 Å². The maximum absolute atomic E-state index is 13.0. The summed E-state index contributed by atoms with van der Waals surface area (Å²) in [5.74, 6) is -0.252. The van der Waals surface area contributed by atoms with Crippen LogP contribution in [0.1, 0.15) is 72.1 Å².